The first-order valence-corrected chi connectivity index (χ1v) is 6.78. The Balaban J connectivity index is 2.62. The van der Waals surface area contributed by atoms with Crippen LogP contribution in [0.3, 0.4) is 0 Å². The number of nitrogens with one attached hydrogen (secondary N) is 1. The van der Waals surface area contributed by atoms with E-state index in [0.29, 0.717) is 0 Å². The Bertz CT molecular complexity index is 600. The molecule has 0 aliphatic heterocycles. The van der Waals surface area contributed by atoms with Crippen LogP contribution in [0.25, 0.3) is 0 Å². The van der Waals surface area contributed by atoms with Crippen molar-refractivity contribution in [3.05, 3.63) is 45.0 Å². The van der Waals surface area contributed by atoms with Crippen LogP contribution >= 0.6 is 7.60 Å². The summed E-state index contributed by atoms with van der Waals surface area (Å²) < 4.78 is 24.3. The Morgan fingerprint density at radius 3 is 2.67 bits per heavy atom. The highest BCUT2D eigenvalue weighted by Gasteiger charge is 2.09. The average Bonchev–Trinajstić information content (AvgIpc) is 2.23. The number of hydrogen-bond acceptors (Lipinski definition) is 3. The van der Waals surface area contributed by atoms with Crippen molar-refractivity contribution in [1.82, 2.24) is 9.55 Å². The predicted molar refractivity (Wildman–Crippen MR) is 61.9 cm³/mol. The molecule has 0 bridgehead atoms. The minimum Gasteiger partial charge on any atom is -0.324 e. The van der Waals surface area contributed by atoms with Crippen LogP contribution < -0.4 is 11.2 Å². The topological polar surface area (TPSA) is 112 Å². The van der Waals surface area contributed by atoms with Gasteiger partial charge in [-0.1, -0.05) is 12.2 Å². The highest BCUT2D eigenvalue weighted by molar-refractivity contribution is 7.51. The zero-order valence-electron chi connectivity index (χ0n) is 9.24. The van der Waals surface area contributed by atoms with Crippen LogP contribution in [0.2, 0.25) is 0 Å². The van der Waals surface area contributed by atoms with Gasteiger partial charge in [0.15, 0.2) is 0 Å². The summed E-state index contributed by atoms with van der Waals surface area (Å²) in [7, 11) is -4.03. The number of rotatable bonds is 5. The standard InChI is InChI=1S/C9H12FN2O5P/c10-7-6-12(9(14)11-8(7)13)4-2-1-3-5-18(15,16)17/h1-2,6H,3-5H2,(H,11,13,14)(H2,15,16,17)/b2-1+. The normalized spacial score (nSPS) is 12.2. The third kappa shape index (κ3) is 4.79. The van der Waals surface area contributed by atoms with Crippen LogP contribution in [0, 0.1) is 5.82 Å². The van der Waals surface area contributed by atoms with Crippen LogP contribution in [0.15, 0.2) is 27.9 Å². The van der Waals surface area contributed by atoms with Gasteiger partial charge in [-0.2, -0.15) is 4.39 Å². The molecule has 7 nitrogen and oxygen atoms in total. The van der Waals surface area contributed by atoms with Crippen molar-refractivity contribution in [2.45, 2.75) is 13.0 Å². The van der Waals surface area contributed by atoms with Crippen molar-refractivity contribution in [1.29, 1.82) is 0 Å². The summed E-state index contributed by atoms with van der Waals surface area (Å²) in [5.74, 6) is -1.07. The van der Waals surface area contributed by atoms with Gasteiger partial charge in [-0.25, -0.2) is 4.79 Å². The third-order valence-corrected chi connectivity index (χ3v) is 2.86. The van der Waals surface area contributed by atoms with E-state index in [4.69, 9.17) is 9.79 Å². The van der Waals surface area contributed by atoms with Crippen LogP contribution in [-0.4, -0.2) is 25.5 Å². The molecule has 1 heterocycles. The maximum Gasteiger partial charge on any atom is 0.328 e. The van der Waals surface area contributed by atoms with Gasteiger partial charge in [-0.15, -0.1) is 0 Å². The second-order valence-electron chi connectivity index (χ2n) is 3.54. The molecule has 1 aromatic heterocycles. The first kappa shape index (κ1) is 14.6. The van der Waals surface area contributed by atoms with Gasteiger partial charge in [0.25, 0.3) is 5.56 Å². The molecular weight excluding hydrogens is 266 g/mol. The van der Waals surface area contributed by atoms with E-state index in [2.05, 4.69) is 0 Å². The number of H-pyrrole nitrogens is 1. The molecule has 0 unspecified atom stereocenters. The van der Waals surface area contributed by atoms with Gasteiger partial charge in [0.2, 0.25) is 5.82 Å². The Labute approximate surface area is 101 Å². The molecule has 0 radical (unpaired) electrons. The fourth-order valence-corrected chi connectivity index (χ4v) is 1.65. The van der Waals surface area contributed by atoms with Gasteiger partial charge in [0.05, 0.1) is 12.4 Å². The van der Waals surface area contributed by atoms with Gasteiger partial charge in [0, 0.05) is 6.54 Å². The minimum atomic E-state index is -4.03. The summed E-state index contributed by atoms with van der Waals surface area (Å²) in [6.45, 7) is 0.00763. The summed E-state index contributed by atoms with van der Waals surface area (Å²) in [6.07, 6.45) is 3.54. The maximum atomic E-state index is 12.9. The summed E-state index contributed by atoms with van der Waals surface area (Å²) in [5.41, 5.74) is -1.83. The Morgan fingerprint density at radius 1 is 1.39 bits per heavy atom. The molecule has 100 valence electrons. The number of aromatic nitrogens is 2. The molecule has 3 N–H and O–H groups in total. The zero-order chi connectivity index (χ0) is 13.8. The Hall–Kier alpha value is -1.50. The number of allylic oxidation sites excluding steroid dienone is 2. The van der Waals surface area contributed by atoms with Gasteiger partial charge in [0.1, 0.15) is 0 Å². The molecule has 1 rings (SSSR count). The van der Waals surface area contributed by atoms with Gasteiger partial charge >= 0.3 is 13.3 Å². The molecular formula is C9H12FN2O5P. The van der Waals surface area contributed by atoms with E-state index in [1.807, 2.05) is 0 Å². The molecule has 18 heavy (non-hydrogen) atoms. The molecule has 0 spiro atoms. The molecule has 0 aliphatic carbocycles. The van der Waals surface area contributed by atoms with Gasteiger partial charge < -0.3 is 9.79 Å². The first-order chi connectivity index (χ1) is 8.29. The molecule has 0 amide bonds. The van der Waals surface area contributed by atoms with E-state index >= 15 is 0 Å². The van der Waals surface area contributed by atoms with Crippen LogP contribution in [0.4, 0.5) is 4.39 Å². The molecule has 0 aromatic carbocycles. The molecule has 0 saturated carbocycles. The van der Waals surface area contributed by atoms with Gasteiger partial charge in [-0.3, -0.25) is 18.9 Å². The third-order valence-electron chi connectivity index (χ3n) is 2.02. The lowest BCUT2D eigenvalue weighted by Crippen LogP contribution is -2.31. The summed E-state index contributed by atoms with van der Waals surface area (Å²) in [5, 5.41) is 0. The first-order valence-electron chi connectivity index (χ1n) is 4.98. The van der Waals surface area contributed by atoms with Crippen LogP contribution in [0.5, 0.6) is 0 Å². The van der Waals surface area contributed by atoms with E-state index in [-0.39, 0.29) is 19.1 Å². The zero-order valence-corrected chi connectivity index (χ0v) is 10.1. The molecule has 1 aromatic rings. The highest BCUT2D eigenvalue weighted by atomic mass is 31.2. The largest absolute Gasteiger partial charge is 0.328 e. The van der Waals surface area contributed by atoms with Gasteiger partial charge in [-0.05, 0) is 6.42 Å². The highest BCUT2D eigenvalue weighted by Crippen LogP contribution is 2.34. The number of aromatic amines is 1. The van der Waals surface area contributed by atoms with E-state index in [1.165, 1.54) is 12.2 Å². The van der Waals surface area contributed by atoms with Crippen molar-refractivity contribution in [3.63, 3.8) is 0 Å². The van der Waals surface area contributed by atoms with Crippen molar-refractivity contribution in [3.8, 4) is 0 Å². The monoisotopic (exact) mass is 278 g/mol. The molecule has 0 atom stereocenters. The van der Waals surface area contributed by atoms with E-state index in [1.54, 1.807) is 4.98 Å². The van der Waals surface area contributed by atoms with E-state index < -0.39 is 24.7 Å². The van der Waals surface area contributed by atoms with Crippen LogP contribution in [-0.2, 0) is 11.1 Å². The number of halogens is 1. The second-order valence-corrected chi connectivity index (χ2v) is 5.31. The number of hydrogen-bond donors (Lipinski definition) is 3. The Kier molecular flexibility index (Phi) is 4.77. The van der Waals surface area contributed by atoms with Crippen molar-refractivity contribution in [2.75, 3.05) is 6.16 Å². The molecule has 0 fully saturated rings. The number of nitrogens with zero attached hydrogens (tertiary/aromatic N) is 1. The Morgan fingerprint density at radius 2 is 2.06 bits per heavy atom. The molecule has 0 saturated heterocycles. The molecule has 9 heteroatoms. The fraction of sp³-hybridized carbons (Fsp3) is 0.333. The van der Waals surface area contributed by atoms with E-state index in [9.17, 15) is 18.5 Å². The quantitative estimate of drug-likeness (QED) is 0.510. The lowest BCUT2D eigenvalue weighted by atomic mass is 10.4. The lowest BCUT2D eigenvalue weighted by Gasteiger charge is -2.01. The average molecular weight is 278 g/mol. The van der Waals surface area contributed by atoms with Crippen molar-refractivity contribution >= 4 is 7.60 Å². The fourth-order valence-electron chi connectivity index (χ4n) is 1.17. The maximum absolute atomic E-state index is 12.9. The van der Waals surface area contributed by atoms with Crippen molar-refractivity contribution < 1.29 is 18.7 Å². The van der Waals surface area contributed by atoms with Crippen molar-refractivity contribution in [2.24, 2.45) is 0 Å². The smallest absolute Gasteiger partial charge is 0.324 e. The SMILES string of the molecule is O=c1[nH]c(=O)n(C/C=C/CCP(=O)(O)O)cc1F. The summed E-state index contributed by atoms with van der Waals surface area (Å²) in [4.78, 5) is 40.9. The summed E-state index contributed by atoms with van der Waals surface area (Å²) >= 11 is 0. The van der Waals surface area contributed by atoms with Crippen LogP contribution in [0.1, 0.15) is 6.42 Å². The summed E-state index contributed by atoms with van der Waals surface area (Å²) in [6, 6.07) is 0. The predicted octanol–water partition coefficient (Wildman–Crippen LogP) is -0.200. The second kappa shape index (κ2) is 5.90. The molecule has 0 aliphatic rings. The lowest BCUT2D eigenvalue weighted by molar-refractivity contribution is 0.373. The van der Waals surface area contributed by atoms with E-state index in [0.717, 1.165) is 10.8 Å². The minimum absolute atomic E-state index is 0.00763.